The molecule has 4 heterocycles. The summed E-state index contributed by atoms with van der Waals surface area (Å²) in [6.07, 6.45) is 3.01. The maximum absolute atomic E-state index is 13.7. The number of carbonyl (C=O) groups excluding carboxylic acids is 1. The zero-order chi connectivity index (χ0) is 27.6. The van der Waals surface area contributed by atoms with Gasteiger partial charge in [-0.1, -0.05) is 24.9 Å². The highest BCUT2D eigenvalue weighted by atomic mass is 32.2. The summed E-state index contributed by atoms with van der Waals surface area (Å²) in [5, 5.41) is 4.32. The number of benzene rings is 1. The predicted octanol–water partition coefficient (Wildman–Crippen LogP) is 4.83. The quantitative estimate of drug-likeness (QED) is 0.504. The first-order chi connectivity index (χ1) is 18.7. The average Bonchev–Trinajstić information content (AvgIpc) is 3.56. The maximum Gasteiger partial charge on any atom is 0.416 e. The number of alkyl halides is 3. The van der Waals surface area contributed by atoms with Crippen LogP contribution in [-0.4, -0.2) is 94.7 Å². The van der Waals surface area contributed by atoms with E-state index < -0.39 is 11.7 Å². The van der Waals surface area contributed by atoms with E-state index in [1.807, 2.05) is 11.2 Å². The molecule has 1 N–H and O–H groups in total. The van der Waals surface area contributed by atoms with Crippen molar-refractivity contribution in [2.75, 3.05) is 68.2 Å². The molecule has 1 aromatic heterocycles. The molecule has 3 aliphatic rings. The van der Waals surface area contributed by atoms with E-state index in [2.05, 4.69) is 31.4 Å². The molecule has 3 fully saturated rings. The van der Waals surface area contributed by atoms with Gasteiger partial charge in [-0.2, -0.15) is 17.9 Å². The molecule has 5 rings (SSSR count). The van der Waals surface area contributed by atoms with Gasteiger partial charge in [0.05, 0.1) is 5.56 Å². The number of aromatic nitrogens is 2. The minimum absolute atomic E-state index is 0.0344. The molecule has 39 heavy (non-hydrogen) atoms. The number of carbonyl (C=O) groups is 1. The molecule has 1 amide bonds. The third kappa shape index (κ3) is 6.02. The second-order valence-corrected chi connectivity index (χ2v) is 11.3. The summed E-state index contributed by atoms with van der Waals surface area (Å²) < 4.78 is 45.4. The lowest BCUT2D eigenvalue weighted by Gasteiger charge is -2.45. The summed E-state index contributed by atoms with van der Waals surface area (Å²) in [6, 6.07) is 5.93. The van der Waals surface area contributed by atoms with Crippen LogP contribution < -0.4 is 9.62 Å². The van der Waals surface area contributed by atoms with Crippen molar-refractivity contribution in [3.05, 3.63) is 41.6 Å². The van der Waals surface area contributed by atoms with Crippen molar-refractivity contribution in [3.63, 3.8) is 0 Å². The number of nitrogens with one attached hydrogen (secondary N) is 1. The van der Waals surface area contributed by atoms with Crippen molar-refractivity contribution < 1.29 is 18.0 Å². The lowest BCUT2D eigenvalue weighted by atomic mass is 9.84. The molecule has 8 nitrogen and oxygen atoms in total. The zero-order valence-electron chi connectivity index (χ0n) is 22.7. The van der Waals surface area contributed by atoms with Crippen LogP contribution in [-0.2, 0) is 12.7 Å². The highest BCUT2D eigenvalue weighted by molar-refractivity contribution is 7.99. The summed E-state index contributed by atoms with van der Waals surface area (Å²) in [5.74, 6) is 0.648. The van der Waals surface area contributed by atoms with Gasteiger partial charge < -0.3 is 19.4 Å². The average molecular weight is 566 g/mol. The molecule has 3 saturated heterocycles. The number of likely N-dealkylation sites (N-methyl/N-ethyl adjacent to an activating group) is 1. The Hall–Kier alpha value is -2.44. The molecule has 0 radical (unpaired) electrons. The zero-order valence-corrected chi connectivity index (χ0v) is 23.5. The number of likely N-dealkylation sites (tertiary alicyclic amines) is 2. The Kier molecular flexibility index (Phi) is 8.34. The smallest absolute Gasteiger partial charge is 0.369 e. The van der Waals surface area contributed by atoms with Gasteiger partial charge in [0.25, 0.3) is 0 Å². The van der Waals surface area contributed by atoms with Gasteiger partial charge in [0.1, 0.15) is 0 Å². The van der Waals surface area contributed by atoms with E-state index in [9.17, 15) is 18.0 Å². The fourth-order valence-corrected chi connectivity index (χ4v) is 6.65. The lowest BCUT2D eigenvalue weighted by molar-refractivity contribution is -0.137. The van der Waals surface area contributed by atoms with Gasteiger partial charge >= 0.3 is 12.2 Å². The highest BCUT2D eigenvalue weighted by Gasteiger charge is 2.44. The van der Waals surface area contributed by atoms with Gasteiger partial charge in [0.2, 0.25) is 0 Å². The molecule has 214 valence electrons. The minimum atomic E-state index is -4.37. The molecular formula is C27H38F3N7OS. The van der Waals surface area contributed by atoms with Crippen LogP contribution in [0.15, 0.2) is 30.5 Å². The number of nitrogens with zero attached hydrogens (tertiary/aromatic N) is 6. The Balaban J connectivity index is 1.30. The predicted molar refractivity (Wildman–Crippen MR) is 149 cm³/mol. The molecule has 3 aliphatic heterocycles. The molecule has 0 saturated carbocycles. The molecule has 0 unspecified atom stereocenters. The topological polar surface area (TPSA) is 59.9 Å². The van der Waals surface area contributed by atoms with Crippen molar-refractivity contribution in [1.29, 1.82) is 0 Å². The molecule has 12 heteroatoms. The summed E-state index contributed by atoms with van der Waals surface area (Å²) in [6.45, 7) is 9.06. The molecule has 0 atom stereocenters. The normalized spacial score (nSPS) is 20.6. The Morgan fingerprint density at radius 3 is 2.46 bits per heavy atom. The third-order valence-electron chi connectivity index (χ3n) is 8.63. The van der Waals surface area contributed by atoms with Crippen LogP contribution in [0, 0.1) is 0 Å². The van der Waals surface area contributed by atoms with Crippen LogP contribution in [0.3, 0.4) is 0 Å². The molecule has 0 bridgehead atoms. The van der Waals surface area contributed by atoms with Gasteiger partial charge in [-0.05, 0) is 56.5 Å². The molecule has 2 aromatic rings. The summed E-state index contributed by atoms with van der Waals surface area (Å²) in [5.41, 5.74) is 1.05. The Morgan fingerprint density at radius 1 is 1.05 bits per heavy atom. The Labute approximate surface area is 232 Å². The van der Waals surface area contributed by atoms with E-state index in [-0.39, 0.29) is 11.6 Å². The SMILES string of the molecule is CCN1CCN(c2cc(C(F)(F)F)ccc2CN2CCCC23CCN(C(=O)n2ccc(NSC)n2)CC3)CC1. The number of halogens is 3. The van der Waals surface area contributed by atoms with Gasteiger partial charge in [0, 0.05) is 75.6 Å². The van der Waals surface area contributed by atoms with E-state index in [0.717, 1.165) is 70.5 Å². The second-order valence-electron chi connectivity index (χ2n) is 10.7. The molecule has 0 aliphatic carbocycles. The van der Waals surface area contributed by atoms with Crippen LogP contribution >= 0.6 is 11.9 Å². The van der Waals surface area contributed by atoms with E-state index in [0.29, 0.717) is 31.1 Å². The van der Waals surface area contributed by atoms with Crippen LogP contribution in [0.1, 0.15) is 43.7 Å². The number of rotatable bonds is 6. The van der Waals surface area contributed by atoms with Gasteiger partial charge in [-0.25, -0.2) is 4.79 Å². The third-order valence-corrected chi connectivity index (χ3v) is 9.04. The standard InChI is InChI=1S/C27H38F3N7OS/c1-3-33-15-17-34(18-16-33)23-19-22(27(28,29)30)6-5-21(23)20-36-11-4-8-26(36)9-13-35(14-10-26)25(38)37-12-7-24(31-37)32-39-2/h5-7,12,19H,3-4,8-11,13-18,20H2,1-2H3,(H,31,32). The first-order valence-electron chi connectivity index (χ1n) is 13.8. The number of piperidine rings is 1. The van der Waals surface area contributed by atoms with Crippen molar-refractivity contribution in [2.24, 2.45) is 0 Å². The summed E-state index contributed by atoms with van der Waals surface area (Å²) in [4.78, 5) is 21.8. The fourth-order valence-electron chi connectivity index (χ4n) is 6.33. The number of amides is 1. The molecular weight excluding hydrogens is 527 g/mol. The monoisotopic (exact) mass is 565 g/mol. The van der Waals surface area contributed by atoms with Crippen molar-refractivity contribution in [2.45, 2.75) is 50.9 Å². The molecule has 1 aromatic carbocycles. The van der Waals surface area contributed by atoms with E-state index in [1.54, 1.807) is 18.3 Å². The Bertz CT molecular complexity index is 1140. The van der Waals surface area contributed by atoms with Crippen LogP contribution in [0.4, 0.5) is 29.5 Å². The number of hydrogen-bond donors (Lipinski definition) is 1. The number of anilines is 2. The fraction of sp³-hybridized carbons (Fsp3) is 0.630. The minimum Gasteiger partial charge on any atom is -0.369 e. The largest absolute Gasteiger partial charge is 0.416 e. The first-order valence-corrected chi connectivity index (χ1v) is 15.0. The van der Waals surface area contributed by atoms with E-state index in [1.165, 1.54) is 28.8 Å². The van der Waals surface area contributed by atoms with Crippen molar-refractivity contribution in [3.8, 4) is 0 Å². The summed E-state index contributed by atoms with van der Waals surface area (Å²) in [7, 11) is 0. The van der Waals surface area contributed by atoms with Crippen molar-refractivity contribution in [1.82, 2.24) is 24.5 Å². The van der Waals surface area contributed by atoms with Gasteiger partial charge in [-0.15, -0.1) is 5.10 Å². The van der Waals surface area contributed by atoms with Crippen molar-refractivity contribution >= 4 is 29.5 Å². The first kappa shape index (κ1) is 28.1. The van der Waals surface area contributed by atoms with Gasteiger partial charge in [0.15, 0.2) is 5.82 Å². The van der Waals surface area contributed by atoms with Crippen LogP contribution in [0.25, 0.3) is 0 Å². The highest BCUT2D eigenvalue weighted by Crippen LogP contribution is 2.41. The van der Waals surface area contributed by atoms with Crippen LogP contribution in [0.2, 0.25) is 0 Å². The Morgan fingerprint density at radius 2 is 1.79 bits per heavy atom. The number of hydrogen-bond acceptors (Lipinski definition) is 7. The lowest BCUT2D eigenvalue weighted by Crippen LogP contribution is -2.53. The van der Waals surface area contributed by atoms with Gasteiger partial charge in [-0.3, -0.25) is 4.90 Å². The second kappa shape index (κ2) is 11.6. The number of piperazine rings is 1. The van der Waals surface area contributed by atoms with E-state index >= 15 is 0 Å². The van der Waals surface area contributed by atoms with Crippen LogP contribution in [0.5, 0.6) is 0 Å². The van der Waals surface area contributed by atoms with E-state index in [4.69, 9.17) is 0 Å². The molecule has 1 spiro atoms. The maximum atomic E-state index is 13.7. The summed E-state index contributed by atoms with van der Waals surface area (Å²) >= 11 is 1.42.